The molecule has 1 aromatic rings. The van der Waals surface area contributed by atoms with Gasteiger partial charge in [-0.15, -0.1) is 0 Å². The second-order valence-corrected chi connectivity index (χ2v) is 7.92. The molecule has 2 atom stereocenters. The summed E-state index contributed by atoms with van der Waals surface area (Å²) in [5, 5.41) is 11.9. The van der Waals surface area contributed by atoms with Crippen molar-refractivity contribution in [2.24, 2.45) is 16.8 Å². The van der Waals surface area contributed by atoms with Crippen LogP contribution in [0.2, 0.25) is 0 Å². The van der Waals surface area contributed by atoms with E-state index in [0.29, 0.717) is 17.9 Å². The SMILES string of the molecule is CC[C@H](C)[C@H]1CSC(=Nc2ccc([N+](=O)[O-])cc2C)N1CC(C)C. The van der Waals surface area contributed by atoms with Gasteiger partial charge in [0.15, 0.2) is 5.17 Å². The Balaban J connectivity index is 2.31. The summed E-state index contributed by atoms with van der Waals surface area (Å²) in [5.41, 5.74) is 1.78. The number of aliphatic imine (C=N–C) groups is 1. The number of thioether (sulfide) groups is 1. The van der Waals surface area contributed by atoms with Gasteiger partial charge in [0.25, 0.3) is 5.69 Å². The fourth-order valence-electron chi connectivity index (χ4n) is 2.90. The van der Waals surface area contributed by atoms with E-state index in [1.807, 2.05) is 6.92 Å². The molecule has 0 aromatic heterocycles. The summed E-state index contributed by atoms with van der Waals surface area (Å²) in [6.07, 6.45) is 1.16. The minimum Gasteiger partial charge on any atom is -0.347 e. The number of rotatable bonds is 6. The van der Waals surface area contributed by atoms with Crippen LogP contribution in [0.25, 0.3) is 0 Å². The fraction of sp³-hybridized carbons (Fsp3) is 0.611. The Morgan fingerprint density at radius 3 is 2.67 bits per heavy atom. The van der Waals surface area contributed by atoms with Gasteiger partial charge in [-0.2, -0.15) is 0 Å². The van der Waals surface area contributed by atoms with Crippen molar-refractivity contribution in [1.29, 1.82) is 0 Å². The lowest BCUT2D eigenvalue weighted by Gasteiger charge is -2.31. The number of nitro groups is 1. The summed E-state index contributed by atoms with van der Waals surface area (Å²) < 4.78 is 0. The van der Waals surface area contributed by atoms with Crippen molar-refractivity contribution in [2.75, 3.05) is 12.3 Å². The van der Waals surface area contributed by atoms with Crippen LogP contribution < -0.4 is 0 Å². The molecule has 24 heavy (non-hydrogen) atoms. The lowest BCUT2D eigenvalue weighted by molar-refractivity contribution is -0.384. The maximum atomic E-state index is 10.9. The quantitative estimate of drug-likeness (QED) is 0.535. The Bertz CT molecular complexity index is 631. The van der Waals surface area contributed by atoms with Gasteiger partial charge in [0.2, 0.25) is 0 Å². The summed E-state index contributed by atoms with van der Waals surface area (Å²) in [6.45, 7) is 11.9. The van der Waals surface area contributed by atoms with E-state index in [1.165, 1.54) is 6.07 Å². The molecule has 6 heteroatoms. The second-order valence-electron chi connectivity index (χ2n) is 6.93. The van der Waals surface area contributed by atoms with E-state index in [2.05, 4.69) is 32.6 Å². The Morgan fingerprint density at radius 1 is 1.42 bits per heavy atom. The van der Waals surface area contributed by atoms with Gasteiger partial charge >= 0.3 is 0 Å². The lowest BCUT2D eigenvalue weighted by Crippen LogP contribution is -2.40. The van der Waals surface area contributed by atoms with Gasteiger partial charge in [0, 0.05) is 30.5 Å². The summed E-state index contributed by atoms with van der Waals surface area (Å²) in [4.78, 5) is 17.8. The third-order valence-corrected chi connectivity index (χ3v) is 5.59. The fourth-order valence-corrected chi connectivity index (χ4v) is 4.27. The molecule has 0 unspecified atom stereocenters. The van der Waals surface area contributed by atoms with Crippen molar-refractivity contribution in [2.45, 2.75) is 47.1 Å². The molecular weight excluding hydrogens is 322 g/mol. The molecule has 5 nitrogen and oxygen atoms in total. The van der Waals surface area contributed by atoms with E-state index in [9.17, 15) is 10.1 Å². The number of benzene rings is 1. The minimum atomic E-state index is -0.363. The van der Waals surface area contributed by atoms with Gasteiger partial charge in [0.05, 0.1) is 10.6 Å². The van der Waals surface area contributed by atoms with E-state index in [0.717, 1.165) is 35.1 Å². The number of hydrogen-bond acceptors (Lipinski definition) is 4. The molecule has 2 rings (SSSR count). The number of aryl methyl sites for hydroxylation is 1. The molecule has 1 aromatic carbocycles. The van der Waals surface area contributed by atoms with Gasteiger partial charge in [-0.05, 0) is 30.4 Å². The number of non-ortho nitro benzene ring substituents is 1. The van der Waals surface area contributed by atoms with Crippen molar-refractivity contribution >= 4 is 28.3 Å². The Morgan fingerprint density at radius 2 is 2.12 bits per heavy atom. The van der Waals surface area contributed by atoms with Crippen molar-refractivity contribution < 1.29 is 4.92 Å². The highest BCUT2D eigenvalue weighted by atomic mass is 32.2. The zero-order valence-electron chi connectivity index (χ0n) is 15.2. The lowest BCUT2D eigenvalue weighted by atomic mass is 9.99. The molecule has 0 N–H and O–H groups in total. The Labute approximate surface area is 148 Å². The van der Waals surface area contributed by atoms with Crippen LogP contribution in [0, 0.1) is 28.9 Å². The number of amidine groups is 1. The van der Waals surface area contributed by atoms with Crippen LogP contribution in [0.5, 0.6) is 0 Å². The number of nitrogens with zero attached hydrogens (tertiary/aromatic N) is 3. The van der Waals surface area contributed by atoms with Crippen LogP contribution in [0.3, 0.4) is 0 Å². The highest BCUT2D eigenvalue weighted by Gasteiger charge is 2.33. The molecule has 1 heterocycles. The maximum Gasteiger partial charge on any atom is 0.269 e. The summed E-state index contributed by atoms with van der Waals surface area (Å²) in [5.74, 6) is 2.26. The van der Waals surface area contributed by atoms with Crippen molar-refractivity contribution in [3.8, 4) is 0 Å². The monoisotopic (exact) mass is 349 g/mol. The molecular formula is C18H27N3O2S. The molecule has 0 aliphatic carbocycles. The molecule has 1 aliphatic heterocycles. The highest BCUT2D eigenvalue weighted by molar-refractivity contribution is 8.14. The number of hydrogen-bond donors (Lipinski definition) is 0. The van der Waals surface area contributed by atoms with Gasteiger partial charge in [0.1, 0.15) is 0 Å². The summed E-state index contributed by atoms with van der Waals surface area (Å²) >= 11 is 1.80. The summed E-state index contributed by atoms with van der Waals surface area (Å²) in [6, 6.07) is 5.40. The van der Waals surface area contributed by atoms with Crippen molar-refractivity contribution in [3.05, 3.63) is 33.9 Å². The van der Waals surface area contributed by atoms with E-state index in [1.54, 1.807) is 23.9 Å². The van der Waals surface area contributed by atoms with Gasteiger partial charge < -0.3 is 4.90 Å². The molecule has 0 amide bonds. The first-order valence-electron chi connectivity index (χ1n) is 8.56. The highest BCUT2D eigenvalue weighted by Crippen LogP contribution is 2.34. The number of nitro benzene ring substituents is 1. The van der Waals surface area contributed by atoms with Crippen molar-refractivity contribution in [3.63, 3.8) is 0 Å². The third kappa shape index (κ3) is 4.29. The normalized spacial score (nSPS) is 20.8. The van der Waals surface area contributed by atoms with E-state index >= 15 is 0 Å². The Kier molecular flexibility index (Phi) is 6.27. The smallest absolute Gasteiger partial charge is 0.269 e. The first-order chi connectivity index (χ1) is 11.3. The van der Waals surface area contributed by atoms with Gasteiger partial charge in [-0.25, -0.2) is 4.99 Å². The first-order valence-corrected chi connectivity index (χ1v) is 9.55. The predicted molar refractivity (Wildman–Crippen MR) is 102 cm³/mol. The zero-order valence-corrected chi connectivity index (χ0v) is 16.0. The molecule has 1 saturated heterocycles. The van der Waals surface area contributed by atoms with Crippen LogP contribution >= 0.6 is 11.8 Å². The minimum absolute atomic E-state index is 0.118. The largest absolute Gasteiger partial charge is 0.347 e. The molecule has 0 saturated carbocycles. The average molecular weight is 350 g/mol. The van der Waals surface area contributed by atoms with Gasteiger partial charge in [-0.1, -0.05) is 45.9 Å². The Hall–Kier alpha value is -1.56. The maximum absolute atomic E-state index is 10.9. The average Bonchev–Trinajstić information content (AvgIpc) is 2.90. The molecule has 1 fully saturated rings. The third-order valence-electron chi connectivity index (χ3n) is 4.50. The van der Waals surface area contributed by atoms with E-state index in [4.69, 9.17) is 4.99 Å². The standard InChI is InChI=1S/C18H27N3O2S/c1-6-13(4)17-11-24-18(20(17)10-12(2)3)19-16-8-7-15(21(22)23)9-14(16)5/h7-9,12-13,17H,6,10-11H2,1-5H3/t13-,17+/m0/s1. The molecule has 0 bridgehead atoms. The molecule has 132 valence electrons. The first kappa shape index (κ1) is 18.8. The van der Waals surface area contributed by atoms with Crippen LogP contribution in [0.1, 0.15) is 39.7 Å². The molecule has 0 radical (unpaired) electrons. The predicted octanol–water partition coefficient (Wildman–Crippen LogP) is 5.01. The second kappa shape index (κ2) is 8.01. The van der Waals surface area contributed by atoms with Crippen LogP contribution in [0.15, 0.2) is 23.2 Å². The van der Waals surface area contributed by atoms with Crippen LogP contribution in [0.4, 0.5) is 11.4 Å². The van der Waals surface area contributed by atoms with Crippen molar-refractivity contribution in [1.82, 2.24) is 4.90 Å². The van der Waals surface area contributed by atoms with E-state index in [-0.39, 0.29) is 10.6 Å². The molecule has 0 spiro atoms. The zero-order chi connectivity index (χ0) is 17.9. The topological polar surface area (TPSA) is 58.7 Å². The van der Waals surface area contributed by atoms with Crippen LogP contribution in [-0.2, 0) is 0 Å². The van der Waals surface area contributed by atoms with E-state index < -0.39 is 0 Å². The molecule has 1 aliphatic rings. The summed E-state index contributed by atoms with van der Waals surface area (Å²) in [7, 11) is 0. The van der Waals surface area contributed by atoms with Crippen LogP contribution in [-0.4, -0.2) is 33.3 Å². The van der Waals surface area contributed by atoms with Gasteiger partial charge in [-0.3, -0.25) is 10.1 Å².